The largest absolute Gasteiger partial charge is 0.378 e. The number of halogens is 1. The summed E-state index contributed by atoms with van der Waals surface area (Å²) < 4.78 is 19.0. The summed E-state index contributed by atoms with van der Waals surface area (Å²) >= 11 is 0. The highest BCUT2D eigenvalue weighted by atomic mass is 19.1. The smallest absolute Gasteiger partial charge is 0.254 e. The third-order valence-electron chi connectivity index (χ3n) is 3.17. The summed E-state index contributed by atoms with van der Waals surface area (Å²) in [6.45, 7) is 6.12. The Morgan fingerprint density at radius 1 is 1.33 bits per heavy atom. The lowest BCUT2D eigenvalue weighted by Crippen LogP contribution is -2.40. The van der Waals surface area contributed by atoms with E-state index in [9.17, 15) is 9.18 Å². The van der Waals surface area contributed by atoms with Gasteiger partial charge in [-0.25, -0.2) is 4.39 Å². The fourth-order valence-electron chi connectivity index (χ4n) is 2.08. The number of carbonyl (C=O) groups excluding carboxylic acids is 1. The first kappa shape index (κ1) is 13.0. The van der Waals surface area contributed by atoms with E-state index in [0.29, 0.717) is 37.4 Å². The van der Waals surface area contributed by atoms with Gasteiger partial charge < -0.3 is 9.64 Å². The quantitative estimate of drug-likeness (QED) is 0.808. The van der Waals surface area contributed by atoms with Crippen molar-refractivity contribution < 1.29 is 13.9 Å². The van der Waals surface area contributed by atoms with Crippen molar-refractivity contribution in [1.29, 1.82) is 0 Å². The molecule has 1 aromatic carbocycles. The second-order valence-electron chi connectivity index (χ2n) is 4.80. The van der Waals surface area contributed by atoms with E-state index in [1.54, 1.807) is 17.0 Å². The molecule has 0 spiro atoms. The topological polar surface area (TPSA) is 29.5 Å². The molecule has 0 unspecified atom stereocenters. The third kappa shape index (κ3) is 2.70. The normalized spacial score (nSPS) is 16.1. The Morgan fingerprint density at radius 3 is 2.56 bits per heavy atom. The van der Waals surface area contributed by atoms with Crippen LogP contribution in [-0.4, -0.2) is 37.1 Å². The molecule has 3 nitrogen and oxygen atoms in total. The Bertz CT molecular complexity index is 439. The zero-order valence-corrected chi connectivity index (χ0v) is 10.8. The van der Waals surface area contributed by atoms with E-state index in [1.807, 2.05) is 13.8 Å². The Kier molecular flexibility index (Phi) is 3.97. The van der Waals surface area contributed by atoms with E-state index in [1.165, 1.54) is 6.07 Å². The van der Waals surface area contributed by atoms with Gasteiger partial charge in [-0.05, 0) is 23.6 Å². The van der Waals surface area contributed by atoms with Gasteiger partial charge in [-0.3, -0.25) is 4.79 Å². The molecule has 1 aliphatic rings. The zero-order chi connectivity index (χ0) is 13.1. The molecule has 1 fully saturated rings. The maximum absolute atomic E-state index is 13.8. The van der Waals surface area contributed by atoms with Gasteiger partial charge in [-0.1, -0.05) is 19.9 Å². The molecule has 0 atom stereocenters. The van der Waals surface area contributed by atoms with Crippen molar-refractivity contribution in [2.45, 2.75) is 19.8 Å². The lowest BCUT2D eigenvalue weighted by Gasteiger charge is -2.27. The fourth-order valence-corrected chi connectivity index (χ4v) is 2.08. The van der Waals surface area contributed by atoms with E-state index < -0.39 is 0 Å². The summed E-state index contributed by atoms with van der Waals surface area (Å²) in [7, 11) is 0. The minimum absolute atomic E-state index is 0.118. The second-order valence-corrected chi connectivity index (χ2v) is 4.80. The average molecular weight is 251 g/mol. The van der Waals surface area contributed by atoms with Gasteiger partial charge in [0.1, 0.15) is 5.82 Å². The lowest BCUT2D eigenvalue weighted by molar-refractivity contribution is 0.0302. The summed E-state index contributed by atoms with van der Waals surface area (Å²) in [4.78, 5) is 13.8. The molecule has 1 aliphatic heterocycles. The summed E-state index contributed by atoms with van der Waals surface area (Å²) in [5.41, 5.74) is 1.06. The minimum Gasteiger partial charge on any atom is -0.378 e. The maximum atomic E-state index is 13.8. The number of benzene rings is 1. The Labute approximate surface area is 107 Å². The van der Waals surface area contributed by atoms with Crippen LogP contribution in [0.4, 0.5) is 4.39 Å². The first-order valence-corrected chi connectivity index (χ1v) is 6.26. The van der Waals surface area contributed by atoms with Gasteiger partial charge in [0, 0.05) is 18.7 Å². The first-order valence-electron chi connectivity index (χ1n) is 6.26. The van der Waals surface area contributed by atoms with Gasteiger partial charge in [-0.2, -0.15) is 0 Å². The SMILES string of the molecule is CC(C)c1ccc(C(=O)N2CCOCC2)cc1F. The van der Waals surface area contributed by atoms with Gasteiger partial charge in [-0.15, -0.1) is 0 Å². The fraction of sp³-hybridized carbons (Fsp3) is 0.500. The maximum Gasteiger partial charge on any atom is 0.254 e. The van der Waals surface area contributed by atoms with Crippen molar-refractivity contribution >= 4 is 5.91 Å². The Balaban J connectivity index is 2.18. The average Bonchev–Trinajstić information content (AvgIpc) is 2.38. The van der Waals surface area contributed by atoms with Crippen LogP contribution in [0.1, 0.15) is 35.7 Å². The molecule has 18 heavy (non-hydrogen) atoms. The molecule has 0 N–H and O–H groups in total. The monoisotopic (exact) mass is 251 g/mol. The van der Waals surface area contributed by atoms with E-state index in [-0.39, 0.29) is 17.6 Å². The number of ether oxygens (including phenoxy) is 1. The Hall–Kier alpha value is -1.42. The zero-order valence-electron chi connectivity index (χ0n) is 10.8. The number of nitrogens with zero attached hydrogens (tertiary/aromatic N) is 1. The predicted octanol–water partition coefficient (Wildman–Crippen LogP) is 2.42. The van der Waals surface area contributed by atoms with Gasteiger partial charge in [0.15, 0.2) is 0 Å². The molecule has 0 bridgehead atoms. The van der Waals surface area contributed by atoms with E-state index >= 15 is 0 Å². The van der Waals surface area contributed by atoms with E-state index in [4.69, 9.17) is 4.74 Å². The van der Waals surface area contributed by atoms with Crippen LogP contribution in [0.2, 0.25) is 0 Å². The molecule has 0 aliphatic carbocycles. The van der Waals surface area contributed by atoms with Gasteiger partial charge in [0.2, 0.25) is 0 Å². The first-order chi connectivity index (χ1) is 8.59. The minimum atomic E-state index is -0.302. The number of morpholine rings is 1. The van der Waals surface area contributed by atoms with Crippen molar-refractivity contribution in [3.63, 3.8) is 0 Å². The third-order valence-corrected chi connectivity index (χ3v) is 3.17. The molecule has 0 radical (unpaired) electrons. The van der Waals surface area contributed by atoms with E-state index in [0.717, 1.165) is 0 Å². The molecule has 4 heteroatoms. The lowest BCUT2D eigenvalue weighted by atomic mass is 10.0. The van der Waals surface area contributed by atoms with Crippen LogP contribution in [0.15, 0.2) is 18.2 Å². The van der Waals surface area contributed by atoms with Crippen molar-refractivity contribution in [2.75, 3.05) is 26.3 Å². The number of carbonyl (C=O) groups is 1. The van der Waals surface area contributed by atoms with Gasteiger partial charge >= 0.3 is 0 Å². The van der Waals surface area contributed by atoms with Gasteiger partial charge in [0.25, 0.3) is 5.91 Å². The number of hydrogen-bond donors (Lipinski definition) is 0. The number of hydrogen-bond acceptors (Lipinski definition) is 2. The summed E-state index contributed by atoms with van der Waals surface area (Å²) in [5, 5.41) is 0. The predicted molar refractivity (Wildman–Crippen MR) is 67.2 cm³/mol. The van der Waals surface area contributed by atoms with Gasteiger partial charge in [0.05, 0.1) is 13.2 Å². The summed E-state index contributed by atoms with van der Waals surface area (Å²) in [6.07, 6.45) is 0. The molecule has 2 rings (SSSR count). The molecule has 1 amide bonds. The van der Waals surface area contributed by atoms with E-state index in [2.05, 4.69) is 0 Å². The molecule has 1 heterocycles. The molecular weight excluding hydrogens is 233 g/mol. The highest BCUT2D eigenvalue weighted by molar-refractivity contribution is 5.94. The second kappa shape index (κ2) is 5.48. The van der Waals surface area contributed by atoms with Crippen LogP contribution in [-0.2, 0) is 4.74 Å². The van der Waals surface area contributed by atoms with Crippen molar-refractivity contribution in [3.8, 4) is 0 Å². The standard InChI is InChI=1S/C14H18FNO2/c1-10(2)12-4-3-11(9-13(12)15)14(17)16-5-7-18-8-6-16/h3-4,9-10H,5-8H2,1-2H3. The van der Waals surface area contributed by atoms with Crippen molar-refractivity contribution in [1.82, 2.24) is 4.90 Å². The summed E-state index contributed by atoms with van der Waals surface area (Å²) in [5.74, 6) is -0.297. The molecule has 1 saturated heterocycles. The number of rotatable bonds is 2. The van der Waals surface area contributed by atoms with Crippen LogP contribution in [0.25, 0.3) is 0 Å². The van der Waals surface area contributed by atoms with Crippen LogP contribution in [0.3, 0.4) is 0 Å². The van der Waals surface area contributed by atoms with Crippen molar-refractivity contribution in [3.05, 3.63) is 35.1 Å². The highest BCUT2D eigenvalue weighted by Crippen LogP contribution is 2.20. The molecule has 98 valence electrons. The molecule has 1 aromatic rings. The number of amides is 1. The Morgan fingerprint density at radius 2 is 2.00 bits per heavy atom. The van der Waals surface area contributed by atoms with Crippen molar-refractivity contribution in [2.24, 2.45) is 0 Å². The molecular formula is C14H18FNO2. The highest BCUT2D eigenvalue weighted by Gasteiger charge is 2.19. The molecule has 0 aromatic heterocycles. The van der Waals surface area contributed by atoms with Crippen LogP contribution in [0, 0.1) is 5.82 Å². The molecule has 0 saturated carbocycles. The summed E-state index contributed by atoms with van der Waals surface area (Å²) in [6, 6.07) is 4.75. The van der Waals surface area contributed by atoms with Crippen LogP contribution < -0.4 is 0 Å². The van der Waals surface area contributed by atoms with Crippen LogP contribution >= 0.6 is 0 Å². The van der Waals surface area contributed by atoms with Crippen LogP contribution in [0.5, 0.6) is 0 Å².